The van der Waals surface area contributed by atoms with Crippen LogP contribution in [-0.4, -0.2) is 23.8 Å². The van der Waals surface area contributed by atoms with Crippen LogP contribution in [0.15, 0.2) is 24.3 Å². The molecule has 1 aromatic carbocycles. The number of hydrogen-bond acceptors (Lipinski definition) is 4. The third-order valence-electron chi connectivity index (χ3n) is 2.76. The molecule has 0 bridgehead atoms. The molecule has 0 radical (unpaired) electrons. The molecule has 1 heterocycles. The van der Waals surface area contributed by atoms with Gasteiger partial charge >= 0.3 is 0 Å². The summed E-state index contributed by atoms with van der Waals surface area (Å²) in [6.45, 7) is 5.88. The van der Waals surface area contributed by atoms with Crippen LogP contribution in [0.2, 0.25) is 0 Å². The van der Waals surface area contributed by atoms with Crippen molar-refractivity contribution in [1.82, 2.24) is 5.32 Å². The van der Waals surface area contributed by atoms with Gasteiger partial charge in [0, 0.05) is 5.54 Å². The Balaban J connectivity index is 2.34. The van der Waals surface area contributed by atoms with Crippen LogP contribution >= 0.6 is 0 Å². The van der Waals surface area contributed by atoms with Gasteiger partial charge in [0.2, 0.25) is 0 Å². The van der Waals surface area contributed by atoms with Crippen LogP contribution in [0, 0.1) is 5.92 Å². The number of ether oxygens (including phenoxy) is 1. The van der Waals surface area contributed by atoms with Crippen molar-refractivity contribution in [3.8, 4) is 5.75 Å². The number of benzene rings is 1. The van der Waals surface area contributed by atoms with Crippen LogP contribution in [0.1, 0.15) is 31.1 Å². The Labute approximate surface area is 106 Å². The molecular formula is C14H17NO3. The molecule has 0 spiro atoms. The first-order chi connectivity index (χ1) is 8.42. The molecule has 1 aromatic rings. The van der Waals surface area contributed by atoms with Gasteiger partial charge in [0.05, 0.1) is 5.56 Å². The molecule has 0 aliphatic carbocycles. The molecule has 1 aliphatic rings. The molecule has 96 valence electrons. The fraction of sp³-hybridized carbons (Fsp3) is 0.429. The Bertz CT molecular complexity index is 476. The zero-order chi connectivity index (χ0) is 13.3. The first-order valence-electron chi connectivity index (χ1n) is 5.95. The highest BCUT2D eigenvalue weighted by Gasteiger charge is 2.38. The van der Waals surface area contributed by atoms with E-state index in [0.717, 1.165) is 0 Å². The minimum atomic E-state index is -0.792. The predicted octanol–water partition coefficient (Wildman–Crippen LogP) is 1.79. The van der Waals surface area contributed by atoms with Crippen molar-refractivity contribution in [2.75, 3.05) is 0 Å². The highest BCUT2D eigenvalue weighted by atomic mass is 16.5. The van der Waals surface area contributed by atoms with Gasteiger partial charge in [0.15, 0.2) is 12.0 Å². The second-order valence-corrected chi connectivity index (χ2v) is 5.46. The summed E-state index contributed by atoms with van der Waals surface area (Å²) in [7, 11) is 0. The Morgan fingerprint density at radius 2 is 1.94 bits per heavy atom. The van der Waals surface area contributed by atoms with Crippen molar-refractivity contribution in [3.05, 3.63) is 29.8 Å². The largest absolute Gasteiger partial charge is 0.473 e. The van der Waals surface area contributed by atoms with Crippen molar-refractivity contribution in [3.63, 3.8) is 0 Å². The SMILES string of the molecule is CC(C)(C)NC1Oc2ccccc2C(=O)C1C=O. The Hall–Kier alpha value is -1.68. The summed E-state index contributed by atoms with van der Waals surface area (Å²) in [5.41, 5.74) is 0.236. The highest BCUT2D eigenvalue weighted by Crippen LogP contribution is 2.29. The number of fused-ring (bicyclic) bond motifs is 1. The molecule has 0 fully saturated rings. The summed E-state index contributed by atoms with van der Waals surface area (Å²) in [6, 6.07) is 6.99. The number of rotatable bonds is 2. The number of Topliss-reactive ketones (excluding diaryl/α,β-unsaturated/α-hetero) is 1. The third kappa shape index (κ3) is 2.43. The lowest BCUT2D eigenvalue weighted by Gasteiger charge is -2.35. The van der Waals surface area contributed by atoms with Gasteiger partial charge in [-0.05, 0) is 32.9 Å². The molecule has 0 aromatic heterocycles. The van der Waals surface area contributed by atoms with Gasteiger partial charge in [0.1, 0.15) is 18.0 Å². The van der Waals surface area contributed by atoms with E-state index in [-0.39, 0.29) is 11.3 Å². The van der Waals surface area contributed by atoms with Crippen molar-refractivity contribution < 1.29 is 14.3 Å². The third-order valence-corrected chi connectivity index (χ3v) is 2.76. The van der Waals surface area contributed by atoms with Crippen molar-refractivity contribution in [2.24, 2.45) is 5.92 Å². The maximum Gasteiger partial charge on any atom is 0.181 e. The highest BCUT2D eigenvalue weighted by molar-refractivity contribution is 6.08. The molecule has 0 saturated heterocycles. The zero-order valence-corrected chi connectivity index (χ0v) is 10.8. The van der Waals surface area contributed by atoms with E-state index in [9.17, 15) is 9.59 Å². The van der Waals surface area contributed by atoms with Crippen LogP contribution in [-0.2, 0) is 4.79 Å². The maximum atomic E-state index is 12.2. The summed E-state index contributed by atoms with van der Waals surface area (Å²) in [6.07, 6.45) is 0.0479. The lowest BCUT2D eigenvalue weighted by molar-refractivity contribution is -0.113. The Kier molecular flexibility index (Phi) is 3.22. The lowest BCUT2D eigenvalue weighted by Crippen LogP contribution is -2.54. The van der Waals surface area contributed by atoms with Crippen LogP contribution < -0.4 is 10.1 Å². The van der Waals surface area contributed by atoms with Crippen LogP contribution in [0.5, 0.6) is 5.75 Å². The monoisotopic (exact) mass is 247 g/mol. The van der Waals surface area contributed by atoms with Gasteiger partial charge in [-0.3, -0.25) is 10.1 Å². The van der Waals surface area contributed by atoms with Gasteiger partial charge < -0.3 is 9.53 Å². The molecule has 4 nitrogen and oxygen atoms in total. The standard InChI is InChI=1S/C14H17NO3/c1-14(2,3)15-13-10(8-16)12(17)9-6-4-5-7-11(9)18-13/h4-8,10,13,15H,1-3H3. The van der Waals surface area contributed by atoms with Crippen molar-refractivity contribution >= 4 is 12.1 Å². The van der Waals surface area contributed by atoms with E-state index >= 15 is 0 Å². The molecule has 2 rings (SSSR count). The van der Waals surface area contributed by atoms with Crippen LogP contribution in [0.25, 0.3) is 0 Å². The average Bonchev–Trinajstić information content (AvgIpc) is 2.27. The van der Waals surface area contributed by atoms with Gasteiger partial charge in [-0.1, -0.05) is 12.1 Å². The normalized spacial score (nSPS) is 23.2. The van der Waals surface area contributed by atoms with Gasteiger partial charge in [-0.15, -0.1) is 0 Å². The number of carbonyl (C=O) groups is 2. The first kappa shape index (κ1) is 12.8. The smallest absolute Gasteiger partial charge is 0.181 e. The van der Waals surface area contributed by atoms with E-state index < -0.39 is 12.1 Å². The maximum absolute atomic E-state index is 12.2. The zero-order valence-electron chi connectivity index (χ0n) is 10.8. The fourth-order valence-corrected chi connectivity index (χ4v) is 1.98. The van der Waals surface area contributed by atoms with E-state index in [2.05, 4.69) is 5.32 Å². The van der Waals surface area contributed by atoms with Crippen LogP contribution in [0.4, 0.5) is 0 Å². The summed E-state index contributed by atoms with van der Waals surface area (Å²) in [4.78, 5) is 23.3. The van der Waals surface area contributed by atoms with Gasteiger partial charge in [-0.2, -0.15) is 0 Å². The Morgan fingerprint density at radius 3 is 2.56 bits per heavy atom. The molecule has 18 heavy (non-hydrogen) atoms. The minimum Gasteiger partial charge on any atom is -0.473 e. The molecule has 4 heteroatoms. The first-order valence-corrected chi connectivity index (χ1v) is 5.95. The molecule has 0 amide bonds. The molecule has 1 aliphatic heterocycles. The van der Waals surface area contributed by atoms with Crippen molar-refractivity contribution in [2.45, 2.75) is 32.5 Å². The van der Waals surface area contributed by atoms with E-state index in [1.807, 2.05) is 26.8 Å². The second kappa shape index (κ2) is 4.53. The number of carbonyl (C=O) groups excluding carboxylic acids is 2. The second-order valence-electron chi connectivity index (χ2n) is 5.46. The van der Waals surface area contributed by atoms with Crippen LogP contribution in [0.3, 0.4) is 0 Å². The number of hydrogen-bond donors (Lipinski definition) is 1. The van der Waals surface area contributed by atoms with Gasteiger partial charge in [0.25, 0.3) is 0 Å². The van der Waals surface area contributed by atoms with E-state index in [1.165, 1.54) is 0 Å². The summed E-state index contributed by atoms with van der Waals surface area (Å²) >= 11 is 0. The van der Waals surface area contributed by atoms with E-state index in [0.29, 0.717) is 17.6 Å². The van der Waals surface area contributed by atoms with E-state index in [4.69, 9.17) is 4.74 Å². The number of ketones is 1. The summed E-state index contributed by atoms with van der Waals surface area (Å²) < 4.78 is 5.72. The topological polar surface area (TPSA) is 55.4 Å². The van der Waals surface area contributed by atoms with Crippen molar-refractivity contribution in [1.29, 1.82) is 0 Å². The Morgan fingerprint density at radius 1 is 1.28 bits per heavy atom. The molecule has 0 saturated carbocycles. The predicted molar refractivity (Wildman–Crippen MR) is 67.6 cm³/mol. The molecule has 1 N–H and O–H groups in total. The lowest BCUT2D eigenvalue weighted by atomic mass is 9.92. The molecule has 2 atom stereocenters. The fourth-order valence-electron chi connectivity index (χ4n) is 1.98. The number of para-hydroxylation sites is 1. The number of aldehydes is 1. The quantitative estimate of drug-likeness (QED) is 0.639. The summed E-state index contributed by atoms with van der Waals surface area (Å²) in [5.74, 6) is -0.449. The van der Waals surface area contributed by atoms with Gasteiger partial charge in [-0.25, -0.2) is 0 Å². The minimum absolute atomic E-state index is 0.186. The number of nitrogens with one attached hydrogen (secondary N) is 1. The average molecular weight is 247 g/mol. The summed E-state index contributed by atoms with van der Waals surface area (Å²) in [5, 5.41) is 3.16. The van der Waals surface area contributed by atoms with E-state index in [1.54, 1.807) is 18.2 Å². The molecular weight excluding hydrogens is 230 g/mol. The molecule has 2 unspecified atom stereocenters.